The van der Waals surface area contributed by atoms with Crippen molar-refractivity contribution in [3.05, 3.63) is 12.3 Å². The molecule has 0 fully saturated rings. The maximum absolute atomic E-state index is 10.4. The Hall–Kier alpha value is 0.0801. The minimum absolute atomic E-state index is 0.892. The van der Waals surface area contributed by atoms with E-state index in [9.17, 15) is 4.79 Å². The number of allylic oxidation sites excluding steroid dienone is 1. The summed E-state index contributed by atoms with van der Waals surface area (Å²) in [5.41, 5.74) is 0. The van der Waals surface area contributed by atoms with Crippen molar-refractivity contribution in [2.24, 2.45) is 0 Å². The second kappa shape index (κ2) is 10.6. The molecule has 0 aliphatic rings. The van der Waals surface area contributed by atoms with Crippen LogP contribution in [0.3, 0.4) is 0 Å². The average molecular weight is 313 g/mol. The van der Waals surface area contributed by atoms with Crippen molar-refractivity contribution in [3.63, 3.8) is 0 Å². The fourth-order valence-electron chi connectivity index (χ4n) is 1.93. The van der Waals surface area contributed by atoms with Crippen molar-refractivity contribution in [3.8, 4) is 0 Å². The van der Waals surface area contributed by atoms with Crippen LogP contribution in [0.15, 0.2) is 12.3 Å². The first-order chi connectivity index (χ1) is 7.29. The van der Waals surface area contributed by atoms with E-state index < -0.39 is 21.7 Å². The molecule has 0 aromatic rings. The van der Waals surface area contributed by atoms with Crippen LogP contribution in [0, 0.1) is 0 Å². The topological polar surface area (TPSA) is 20.3 Å². The molecule has 15 heavy (non-hydrogen) atoms. The van der Waals surface area contributed by atoms with E-state index in [0.717, 1.165) is 12.8 Å². The third kappa shape index (κ3) is 7.04. The summed E-state index contributed by atoms with van der Waals surface area (Å²) in [6.45, 7) is 7.90. The molecule has 0 radical (unpaired) electrons. The molecule has 0 saturated heterocycles. The van der Waals surface area contributed by atoms with E-state index in [4.69, 9.17) is 0 Å². The van der Waals surface area contributed by atoms with E-state index in [1.165, 1.54) is 27.6 Å². The van der Waals surface area contributed by atoms with Gasteiger partial charge in [0, 0.05) is 0 Å². The average Bonchev–Trinajstić information content (AvgIpc) is 2.24. The van der Waals surface area contributed by atoms with Gasteiger partial charge < -0.3 is 0 Å². The molecule has 0 aromatic carbocycles. The summed E-state index contributed by atoms with van der Waals surface area (Å²) in [4.78, 5) is 10.4. The van der Waals surface area contributed by atoms with Crippen LogP contribution < -0.4 is 0 Å². The predicted molar refractivity (Wildman–Crippen MR) is 68.2 cm³/mol. The summed E-state index contributed by atoms with van der Waals surface area (Å²) >= 11 is -1.54. The molecule has 2 nitrogen and oxygen atoms in total. The van der Waals surface area contributed by atoms with Gasteiger partial charge in [0.15, 0.2) is 0 Å². The molecule has 0 aliphatic heterocycles. The Balaban J connectivity index is 4.34. The van der Waals surface area contributed by atoms with Crippen LogP contribution in [0.2, 0.25) is 8.35 Å². The normalized spacial score (nSPS) is 10.6. The van der Waals surface area contributed by atoms with Crippen LogP contribution >= 0.6 is 0 Å². The molecule has 0 spiro atoms. The predicted octanol–water partition coefficient (Wildman–Crippen LogP) is 3.22. The number of hydrogen-bond acceptors (Lipinski definition) is 2. The second-order valence-electron chi connectivity index (χ2n) is 3.95. The quantitative estimate of drug-likeness (QED) is 0.481. The molecule has 0 rings (SSSR count). The van der Waals surface area contributed by atoms with Crippen LogP contribution in [0.1, 0.15) is 40.0 Å². The Bertz CT molecular complexity index is 176. The summed E-state index contributed by atoms with van der Waals surface area (Å²) in [5.74, 6) is 0. The number of hydrogen-bond donors (Lipinski definition) is 0. The molecule has 0 saturated carbocycles. The molecule has 0 bridgehead atoms. The molecule has 0 N–H and O–H groups in total. The maximum atomic E-state index is 10.4. The second-order valence-corrected chi connectivity index (χ2v) is 12.9. The first kappa shape index (κ1) is 15.1. The monoisotopic (exact) mass is 313 g/mol. The zero-order chi connectivity index (χ0) is 11.5. The Morgan fingerprint density at radius 1 is 1.07 bits per heavy atom. The van der Waals surface area contributed by atoms with E-state index in [1.807, 2.05) is 6.20 Å². The third-order valence-corrected chi connectivity index (χ3v) is 13.6. The molecule has 0 atom stereocenters. The van der Waals surface area contributed by atoms with Crippen LogP contribution in [0.4, 0.5) is 0 Å². The SMILES string of the molecule is CCC[N](/C=C\C=O)[In]([CH2]CC)[CH2]CC. The van der Waals surface area contributed by atoms with Gasteiger partial charge in [-0.25, -0.2) is 0 Å². The van der Waals surface area contributed by atoms with Gasteiger partial charge in [-0.1, -0.05) is 0 Å². The van der Waals surface area contributed by atoms with Gasteiger partial charge in [-0.05, 0) is 0 Å². The van der Waals surface area contributed by atoms with Gasteiger partial charge in [0.25, 0.3) is 0 Å². The summed E-state index contributed by atoms with van der Waals surface area (Å²) < 4.78 is 5.39. The summed E-state index contributed by atoms with van der Waals surface area (Å²) in [5, 5.41) is 0. The van der Waals surface area contributed by atoms with E-state index in [2.05, 4.69) is 23.7 Å². The Morgan fingerprint density at radius 2 is 1.67 bits per heavy atom. The number of rotatable bonds is 9. The molecule has 0 aromatic heterocycles. The zero-order valence-electron chi connectivity index (χ0n) is 10.4. The van der Waals surface area contributed by atoms with E-state index in [0.29, 0.717) is 0 Å². The summed E-state index contributed by atoms with van der Waals surface area (Å²) in [6.07, 6.45) is 8.38. The van der Waals surface area contributed by atoms with Crippen LogP contribution in [-0.4, -0.2) is 37.4 Å². The van der Waals surface area contributed by atoms with Crippen molar-refractivity contribution < 1.29 is 4.79 Å². The van der Waals surface area contributed by atoms with Gasteiger partial charge in [-0.15, -0.1) is 0 Å². The number of carbonyl (C=O) groups excluding carboxylic acids is 1. The van der Waals surface area contributed by atoms with Crippen LogP contribution in [0.25, 0.3) is 0 Å². The van der Waals surface area contributed by atoms with E-state index in [1.54, 1.807) is 6.08 Å². The third-order valence-electron chi connectivity index (χ3n) is 2.55. The minimum atomic E-state index is -1.54. The first-order valence-corrected chi connectivity index (χ1v) is 12.3. The molecule has 3 heteroatoms. The standard InChI is InChI=1S/C6H11NO.2C3H7.In/c1-2-4-7-5-3-6-8;2*1-3-2;/h3,5-6H,2,4H2,1H3,(H,7,8);2*1,3H2,2H3;/q;;;+1/p-1. The zero-order valence-corrected chi connectivity index (χ0v) is 13.7. The van der Waals surface area contributed by atoms with Gasteiger partial charge in [0.05, 0.1) is 0 Å². The van der Waals surface area contributed by atoms with Gasteiger partial charge in [0.1, 0.15) is 0 Å². The Kier molecular flexibility index (Phi) is 10.6. The van der Waals surface area contributed by atoms with Crippen molar-refractivity contribution in [1.29, 1.82) is 0 Å². The molecule has 86 valence electrons. The summed E-state index contributed by atoms with van der Waals surface area (Å²) in [6, 6.07) is 0. The van der Waals surface area contributed by atoms with Crippen molar-refractivity contribution in [1.82, 2.24) is 2.89 Å². The Labute approximate surface area is 103 Å². The van der Waals surface area contributed by atoms with Crippen molar-refractivity contribution >= 4 is 28.0 Å². The molecule has 0 heterocycles. The van der Waals surface area contributed by atoms with Crippen molar-refractivity contribution in [2.75, 3.05) is 6.54 Å². The number of nitrogens with zero attached hydrogens (tertiary/aromatic N) is 1. The molecular formula is C12H24InNO. The van der Waals surface area contributed by atoms with Gasteiger partial charge >= 0.3 is 103 Å². The molecular weight excluding hydrogens is 289 g/mol. The van der Waals surface area contributed by atoms with E-state index in [-0.39, 0.29) is 0 Å². The number of carbonyl (C=O) groups is 1. The van der Waals surface area contributed by atoms with Crippen LogP contribution in [0.5, 0.6) is 0 Å². The van der Waals surface area contributed by atoms with Gasteiger partial charge in [-0.3, -0.25) is 0 Å². The first-order valence-electron chi connectivity index (χ1n) is 6.17. The van der Waals surface area contributed by atoms with Gasteiger partial charge in [-0.2, -0.15) is 0 Å². The van der Waals surface area contributed by atoms with Crippen molar-refractivity contribution in [2.45, 2.75) is 48.4 Å². The number of aldehydes is 1. The van der Waals surface area contributed by atoms with Crippen LogP contribution in [-0.2, 0) is 4.79 Å². The fraction of sp³-hybridized carbons (Fsp3) is 0.750. The summed E-state index contributed by atoms with van der Waals surface area (Å²) in [7, 11) is 0. The Morgan fingerprint density at radius 3 is 2.07 bits per heavy atom. The van der Waals surface area contributed by atoms with Gasteiger partial charge in [0.2, 0.25) is 0 Å². The molecule has 0 aliphatic carbocycles. The molecule has 0 amide bonds. The fourth-order valence-corrected chi connectivity index (χ4v) is 11.2. The van der Waals surface area contributed by atoms with E-state index >= 15 is 0 Å². The molecule has 0 unspecified atom stereocenters.